The number of hydrogen-bond donors (Lipinski definition) is 1. The topological polar surface area (TPSA) is 57.7 Å². The Hall–Kier alpha value is -3.02. The van der Waals surface area contributed by atoms with Crippen LogP contribution < -0.4 is 0 Å². The molecule has 4 aromatic rings. The van der Waals surface area contributed by atoms with E-state index in [9.17, 15) is 0 Å². The second-order valence-electron chi connectivity index (χ2n) is 8.46. The van der Waals surface area contributed by atoms with Crippen molar-refractivity contribution in [2.45, 2.75) is 38.8 Å². The van der Waals surface area contributed by atoms with Crippen LogP contribution in [0.5, 0.6) is 0 Å². The summed E-state index contributed by atoms with van der Waals surface area (Å²) < 4.78 is 0. The summed E-state index contributed by atoms with van der Waals surface area (Å²) in [5, 5.41) is 0.685. The quantitative estimate of drug-likeness (QED) is 0.373. The summed E-state index contributed by atoms with van der Waals surface area (Å²) >= 11 is 6.43. The molecular formula is C26H28ClN5. The van der Waals surface area contributed by atoms with Crippen LogP contribution in [0, 0.1) is 0 Å². The van der Waals surface area contributed by atoms with Gasteiger partial charge in [0.25, 0.3) is 0 Å². The van der Waals surface area contributed by atoms with Crippen molar-refractivity contribution in [3.05, 3.63) is 113 Å². The molecule has 0 spiro atoms. The first-order valence-electron chi connectivity index (χ1n) is 10.8. The van der Waals surface area contributed by atoms with E-state index in [0.717, 1.165) is 30.0 Å². The molecule has 5 nitrogen and oxygen atoms in total. The number of halogens is 1. The molecule has 0 fully saturated rings. The SMILES string of the molecule is CC(C)(c1ccccc1)c1cccnc1CN(CCc1cnc[nH]1)Cc1ncccc1Cl. The number of hydrogen-bond acceptors (Lipinski definition) is 4. The molecule has 0 bridgehead atoms. The van der Waals surface area contributed by atoms with Gasteiger partial charge in [-0.25, -0.2) is 4.98 Å². The van der Waals surface area contributed by atoms with Gasteiger partial charge in [-0.05, 0) is 29.3 Å². The first-order valence-corrected chi connectivity index (χ1v) is 11.2. The monoisotopic (exact) mass is 445 g/mol. The zero-order valence-electron chi connectivity index (χ0n) is 18.5. The number of pyridine rings is 2. The highest BCUT2D eigenvalue weighted by Gasteiger charge is 2.27. The second-order valence-corrected chi connectivity index (χ2v) is 8.87. The van der Waals surface area contributed by atoms with Crippen molar-refractivity contribution in [2.24, 2.45) is 0 Å². The Morgan fingerprint density at radius 2 is 1.62 bits per heavy atom. The molecule has 0 radical (unpaired) electrons. The van der Waals surface area contributed by atoms with Crippen molar-refractivity contribution >= 4 is 11.6 Å². The fourth-order valence-corrected chi connectivity index (χ4v) is 4.20. The summed E-state index contributed by atoms with van der Waals surface area (Å²) in [5.41, 5.74) is 5.38. The molecule has 0 aliphatic carbocycles. The minimum Gasteiger partial charge on any atom is -0.348 e. The van der Waals surface area contributed by atoms with E-state index in [1.54, 1.807) is 12.5 Å². The van der Waals surface area contributed by atoms with Crippen molar-refractivity contribution in [3.8, 4) is 0 Å². The van der Waals surface area contributed by atoms with Crippen molar-refractivity contribution in [2.75, 3.05) is 6.54 Å². The Morgan fingerprint density at radius 3 is 2.34 bits per heavy atom. The second kappa shape index (κ2) is 10.1. The zero-order chi connectivity index (χ0) is 22.4. The lowest BCUT2D eigenvalue weighted by molar-refractivity contribution is 0.251. The van der Waals surface area contributed by atoms with Crippen LogP contribution in [-0.4, -0.2) is 31.4 Å². The number of nitrogens with zero attached hydrogens (tertiary/aromatic N) is 4. The molecule has 1 N–H and O–H groups in total. The maximum Gasteiger partial charge on any atom is 0.0921 e. The van der Waals surface area contributed by atoms with Crippen LogP contribution in [0.15, 0.2) is 79.5 Å². The lowest BCUT2D eigenvalue weighted by atomic mass is 9.77. The predicted octanol–water partition coefficient (Wildman–Crippen LogP) is 5.42. The average Bonchev–Trinajstić information content (AvgIpc) is 3.33. The standard InChI is InChI=1S/C26H28ClN5/c1-26(2,20-8-4-3-5-9-20)22-10-6-13-29-24(22)17-32(15-12-21-16-28-19-31-21)18-25-23(27)11-7-14-30-25/h3-11,13-14,16,19H,12,15,17-18H2,1-2H3,(H,28,31). The Morgan fingerprint density at radius 1 is 0.906 bits per heavy atom. The third-order valence-corrected chi connectivity index (χ3v) is 6.24. The summed E-state index contributed by atoms with van der Waals surface area (Å²) in [7, 11) is 0. The number of benzene rings is 1. The molecule has 0 saturated heterocycles. The zero-order valence-corrected chi connectivity index (χ0v) is 19.3. The van der Waals surface area contributed by atoms with E-state index in [-0.39, 0.29) is 5.41 Å². The van der Waals surface area contributed by atoms with Crippen LogP contribution in [0.25, 0.3) is 0 Å². The van der Waals surface area contributed by atoms with Crippen LogP contribution in [0.3, 0.4) is 0 Å². The van der Waals surface area contributed by atoms with Crippen molar-refractivity contribution in [1.29, 1.82) is 0 Å². The van der Waals surface area contributed by atoms with Gasteiger partial charge in [0.05, 0.1) is 22.7 Å². The van der Waals surface area contributed by atoms with E-state index in [2.05, 4.69) is 70.1 Å². The van der Waals surface area contributed by atoms with Crippen LogP contribution in [0.2, 0.25) is 5.02 Å². The fraction of sp³-hybridized carbons (Fsp3) is 0.269. The molecule has 3 heterocycles. The van der Waals surface area contributed by atoms with E-state index in [1.165, 1.54) is 11.1 Å². The van der Waals surface area contributed by atoms with E-state index in [4.69, 9.17) is 16.6 Å². The normalized spacial score (nSPS) is 11.8. The van der Waals surface area contributed by atoms with E-state index >= 15 is 0 Å². The minimum atomic E-state index is -0.164. The highest BCUT2D eigenvalue weighted by Crippen LogP contribution is 2.33. The molecule has 4 rings (SSSR count). The summed E-state index contributed by atoms with van der Waals surface area (Å²) in [4.78, 5) is 19.0. The third-order valence-electron chi connectivity index (χ3n) is 5.89. The molecule has 0 unspecified atom stereocenters. The number of imidazole rings is 1. The maximum atomic E-state index is 6.43. The van der Waals surface area contributed by atoms with Crippen LogP contribution >= 0.6 is 11.6 Å². The Balaban J connectivity index is 1.62. The summed E-state index contributed by atoms with van der Waals surface area (Å²) in [6, 6.07) is 18.6. The van der Waals surface area contributed by atoms with E-state index in [0.29, 0.717) is 18.1 Å². The highest BCUT2D eigenvalue weighted by molar-refractivity contribution is 6.31. The van der Waals surface area contributed by atoms with Gasteiger partial charge in [0.15, 0.2) is 0 Å². The number of nitrogens with one attached hydrogen (secondary N) is 1. The first kappa shape index (κ1) is 22.2. The molecule has 164 valence electrons. The van der Waals surface area contributed by atoms with Crippen molar-refractivity contribution in [1.82, 2.24) is 24.8 Å². The molecule has 0 aliphatic rings. The Kier molecular flexibility index (Phi) is 6.98. The van der Waals surface area contributed by atoms with E-state index in [1.807, 2.05) is 30.6 Å². The van der Waals surface area contributed by atoms with Gasteiger partial charge in [-0.1, -0.05) is 61.8 Å². The summed E-state index contributed by atoms with van der Waals surface area (Å²) in [6.45, 7) is 6.70. The van der Waals surface area contributed by atoms with Crippen LogP contribution in [-0.2, 0) is 24.9 Å². The highest BCUT2D eigenvalue weighted by atomic mass is 35.5. The third kappa shape index (κ3) is 5.23. The van der Waals surface area contributed by atoms with Crippen molar-refractivity contribution in [3.63, 3.8) is 0 Å². The number of aromatic amines is 1. The van der Waals surface area contributed by atoms with Gasteiger partial charge in [-0.3, -0.25) is 14.9 Å². The largest absolute Gasteiger partial charge is 0.348 e. The first-order chi connectivity index (χ1) is 15.5. The Labute approximate surface area is 194 Å². The average molecular weight is 446 g/mol. The molecule has 0 aliphatic heterocycles. The lowest BCUT2D eigenvalue weighted by Gasteiger charge is -2.30. The van der Waals surface area contributed by atoms with Gasteiger partial charge in [-0.15, -0.1) is 0 Å². The molecular weight excluding hydrogens is 418 g/mol. The smallest absolute Gasteiger partial charge is 0.0921 e. The maximum absolute atomic E-state index is 6.43. The number of rotatable bonds is 9. The van der Waals surface area contributed by atoms with E-state index < -0.39 is 0 Å². The van der Waals surface area contributed by atoms with Gasteiger partial charge < -0.3 is 4.98 Å². The molecule has 3 aromatic heterocycles. The van der Waals surface area contributed by atoms with Crippen molar-refractivity contribution < 1.29 is 0 Å². The molecule has 1 aromatic carbocycles. The van der Waals surface area contributed by atoms with Crippen LogP contribution in [0.4, 0.5) is 0 Å². The minimum absolute atomic E-state index is 0.164. The van der Waals surface area contributed by atoms with Gasteiger partial charge in [-0.2, -0.15) is 0 Å². The molecule has 32 heavy (non-hydrogen) atoms. The fourth-order valence-electron chi connectivity index (χ4n) is 4.02. The predicted molar refractivity (Wildman–Crippen MR) is 128 cm³/mol. The number of H-pyrrole nitrogens is 1. The van der Waals surface area contributed by atoms with Gasteiger partial charge in [0.2, 0.25) is 0 Å². The molecule has 6 heteroatoms. The summed E-state index contributed by atoms with van der Waals surface area (Å²) in [5.74, 6) is 0. The Bertz CT molecular complexity index is 1130. The van der Waals surface area contributed by atoms with Gasteiger partial charge in [0, 0.05) is 55.8 Å². The van der Waals surface area contributed by atoms with Crippen LogP contribution in [0.1, 0.15) is 42.1 Å². The van der Waals surface area contributed by atoms with Gasteiger partial charge in [0.1, 0.15) is 0 Å². The van der Waals surface area contributed by atoms with Gasteiger partial charge >= 0.3 is 0 Å². The lowest BCUT2D eigenvalue weighted by Crippen LogP contribution is -2.29. The molecule has 0 saturated carbocycles. The summed E-state index contributed by atoms with van der Waals surface area (Å²) in [6.07, 6.45) is 8.11. The molecule has 0 atom stereocenters. The number of aromatic nitrogens is 4. The molecule has 0 amide bonds.